The van der Waals surface area contributed by atoms with Gasteiger partial charge >= 0.3 is 0 Å². The third kappa shape index (κ3) is 2.42. The Morgan fingerprint density at radius 1 is 1.19 bits per heavy atom. The summed E-state index contributed by atoms with van der Waals surface area (Å²) in [5.74, 6) is 2.17. The summed E-state index contributed by atoms with van der Waals surface area (Å²) in [6.07, 6.45) is 1.83. The van der Waals surface area contributed by atoms with E-state index in [0.717, 1.165) is 39.6 Å². The molecule has 1 fully saturated rings. The SMILES string of the molecule is CC(C)c1nnc2n1-c1ccc(Br)cc1C1(c3ccccn3)OCCN1C2. The maximum atomic E-state index is 6.47. The standard InChI is InChI=1S/C20H20BrN5O/c1-13(2)19-24-23-18-12-25-9-10-27-20(25,17-5-3-4-8-22-17)15-11-14(21)6-7-16(15)26(18)19/h3-8,11,13H,9-10,12H2,1-2H3. The summed E-state index contributed by atoms with van der Waals surface area (Å²) in [5.41, 5.74) is 2.28. The summed E-state index contributed by atoms with van der Waals surface area (Å²) in [6.45, 7) is 6.41. The van der Waals surface area contributed by atoms with E-state index in [4.69, 9.17) is 4.74 Å². The maximum absolute atomic E-state index is 6.47. The van der Waals surface area contributed by atoms with Gasteiger partial charge in [-0.05, 0) is 30.3 Å². The van der Waals surface area contributed by atoms with Crippen molar-refractivity contribution in [1.82, 2.24) is 24.6 Å². The highest BCUT2D eigenvalue weighted by Gasteiger charge is 2.50. The molecule has 4 heterocycles. The third-order valence-electron chi connectivity index (χ3n) is 5.30. The van der Waals surface area contributed by atoms with E-state index in [1.165, 1.54) is 0 Å². The average molecular weight is 426 g/mol. The molecule has 2 aromatic heterocycles. The molecule has 27 heavy (non-hydrogen) atoms. The summed E-state index contributed by atoms with van der Waals surface area (Å²) in [4.78, 5) is 7.00. The van der Waals surface area contributed by atoms with Crippen molar-refractivity contribution in [3.8, 4) is 5.69 Å². The van der Waals surface area contributed by atoms with Crippen molar-refractivity contribution < 1.29 is 4.74 Å². The monoisotopic (exact) mass is 425 g/mol. The van der Waals surface area contributed by atoms with Gasteiger partial charge in [-0.1, -0.05) is 35.8 Å². The van der Waals surface area contributed by atoms with Crippen LogP contribution in [0.5, 0.6) is 0 Å². The first kappa shape index (κ1) is 17.0. The van der Waals surface area contributed by atoms with Gasteiger partial charge in [-0.25, -0.2) is 0 Å². The minimum Gasteiger partial charge on any atom is -0.349 e. The van der Waals surface area contributed by atoms with Gasteiger partial charge in [0.2, 0.25) is 0 Å². The second kappa shape index (κ2) is 6.22. The first-order valence-corrected chi connectivity index (χ1v) is 9.95. The number of hydrogen-bond acceptors (Lipinski definition) is 5. The number of nitrogens with zero attached hydrogens (tertiary/aromatic N) is 5. The summed E-state index contributed by atoms with van der Waals surface area (Å²) in [5, 5.41) is 9.02. The molecular weight excluding hydrogens is 406 g/mol. The minimum atomic E-state index is -0.727. The van der Waals surface area contributed by atoms with E-state index < -0.39 is 5.72 Å². The van der Waals surface area contributed by atoms with Crippen LogP contribution in [0.2, 0.25) is 0 Å². The van der Waals surface area contributed by atoms with Crippen LogP contribution in [0.4, 0.5) is 0 Å². The van der Waals surface area contributed by atoms with Gasteiger partial charge in [0.1, 0.15) is 5.82 Å². The summed E-state index contributed by atoms with van der Waals surface area (Å²) >= 11 is 3.65. The predicted octanol–water partition coefficient (Wildman–Crippen LogP) is 3.60. The van der Waals surface area contributed by atoms with Crippen molar-refractivity contribution in [3.63, 3.8) is 0 Å². The Morgan fingerprint density at radius 3 is 2.85 bits per heavy atom. The molecular formula is C20H20BrN5O. The van der Waals surface area contributed by atoms with Gasteiger partial charge in [0.25, 0.3) is 0 Å². The number of pyridine rings is 1. The van der Waals surface area contributed by atoms with Crippen LogP contribution in [0.25, 0.3) is 5.69 Å². The van der Waals surface area contributed by atoms with Crippen LogP contribution in [0, 0.1) is 0 Å². The summed E-state index contributed by atoms with van der Waals surface area (Å²) < 4.78 is 9.68. The summed E-state index contributed by atoms with van der Waals surface area (Å²) in [7, 11) is 0. The van der Waals surface area contributed by atoms with Crippen molar-refractivity contribution in [3.05, 3.63) is 70.0 Å². The topological polar surface area (TPSA) is 56.1 Å². The Morgan fingerprint density at radius 2 is 2.07 bits per heavy atom. The average Bonchev–Trinajstić information content (AvgIpc) is 3.26. The quantitative estimate of drug-likeness (QED) is 0.627. The molecule has 0 N–H and O–H groups in total. The van der Waals surface area contributed by atoms with Crippen LogP contribution < -0.4 is 0 Å². The second-order valence-corrected chi connectivity index (χ2v) is 8.17. The number of rotatable bonds is 2. The lowest BCUT2D eigenvalue weighted by atomic mass is 9.95. The third-order valence-corrected chi connectivity index (χ3v) is 5.79. The zero-order valence-electron chi connectivity index (χ0n) is 15.3. The van der Waals surface area contributed by atoms with E-state index >= 15 is 0 Å². The Balaban J connectivity index is 1.86. The van der Waals surface area contributed by atoms with Gasteiger partial charge in [-0.15, -0.1) is 10.2 Å². The Kier molecular flexibility index (Phi) is 3.93. The molecule has 2 aliphatic rings. The largest absolute Gasteiger partial charge is 0.349 e. The molecule has 1 saturated heterocycles. The molecule has 0 bridgehead atoms. The van der Waals surface area contributed by atoms with Crippen LogP contribution in [0.3, 0.4) is 0 Å². The fourth-order valence-corrected chi connectivity index (χ4v) is 4.50. The van der Waals surface area contributed by atoms with Gasteiger partial charge in [0.05, 0.1) is 24.5 Å². The lowest BCUT2D eigenvalue weighted by Gasteiger charge is -2.36. The summed E-state index contributed by atoms with van der Waals surface area (Å²) in [6, 6.07) is 12.3. The Labute approximate surface area is 166 Å². The van der Waals surface area contributed by atoms with Crippen molar-refractivity contribution in [2.45, 2.75) is 32.0 Å². The zero-order chi connectivity index (χ0) is 18.6. The van der Waals surface area contributed by atoms with Crippen molar-refractivity contribution >= 4 is 15.9 Å². The molecule has 6 nitrogen and oxygen atoms in total. The first-order valence-electron chi connectivity index (χ1n) is 9.16. The number of ether oxygens (including phenoxy) is 1. The molecule has 2 aliphatic heterocycles. The molecule has 0 amide bonds. The molecule has 0 radical (unpaired) electrons. The Bertz CT molecular complexity index is 1000. The minimum absolute atomic E-state index is 0.266. The highest BCUT2D eigenvalue weighted by Crippen LogP contribution is 2.46. The normalized spacial score (nSPS) is 21.6. The predicted molar refractivity (Wildman–Crippen MR) is 105 cm³/mol. The highest BCUT2D eigenvalue weighted by atomic mass is 79.9. The zero-order valence-corrected chi connectivity index (χ0v) is 16.8. The number of aromatic nitrogens is 4. The highest BCUT2D eigenvalue weighted by molar-refractivity contribution is 9.10. The van der Waals surface area contributed by atoms with Gasteiger partial charge < -0.3 is 4.74 Å². The Hall–Kier alpha value is -2.09. The fraction of sp³-hybridized carbons (Fsp3) is 0.350. The van der Waals surface area contributed by atoms with E-state index in [1.54, 1.807) is 0 Å². The molecule has 1 unspecified atom stereocenters. The molecule has 138 valence electrons. The van der Waals surface area contributed by atoms with Crippen LogP contribution in [-0.2, 0) is 17.0 Å². The molecule has 0 spiro atoms. The van der Waals surface area contributed by atoms with E-state index in [-0.39, 0.29) is 5.92 Å². The van der Waals surface area contributed by atoms with Crippen LogP contribution in [-0.4, -0.2) is 37.8 Å². The van der Waals surface area contributed by atoms with Crippen LogP contribution in [0.1, 0.15) is 42.7 Å². The lowest BCUT2D eigenvalue weighted by molar-refractivity contribution is -0.0586. The number of fused-ring (bicyclic) bond motifs is 5. The number of benzene rings is 1. The van der Waals surface area contributed by atoms with Gasteiger partial charge in [0, 0.05) is 28.7 Å². The van der Waals surface area contributed by atoms with Crippen LogP contribution in [0.15, 0.2) is 47.1 Å². The van der Waals surface area contributed by atoms with Crippen molar-refractivity contribution in [2.75, 3.05) is 13.2 Å². The first-order chi connectivity index (χ1) is 13.1. The maximum Gasteiger partial charge on any atom is 0.193 e. The van der Waals surface area contributed by atoms with Crippen molar-refractivity contribution in [1.29, 1.82) is 0 Å². The molecule has 1 atom stereocenters. The van der Waals surface area contributed by atoms with E-state index in [0.29, 0.717) is 13.2 Å². The molecule has 0 aliphatic carbocycles. The van der Waals surface area contributed by atoms with E-state index in [9.17, 15) is 0 Å². The molecule has 0 saturated carbocycles. The van der Waals surface area contributed by atoms with E-state index in [1.807, 2.05) is 24.4 Å². The smallest absolute Gasteiger partial charge is 0.193 e. The van der Waals surface area contributed by atoms with Crippen LogP contribution >= 0.6 is 15.9 Å². The second-order valence-electron chi connectivity index (χ2n) is 7.26. The van der Waals surface area contributed by atoms with Gasteiger partial charge in [-0.3, -0.25) is 14.5 Å². The van der Waals surface area contributed by atoms with E-state index in [2.05, 4.69) is 72.6 Å². The van der Waals surface area contributed by atoms with Crippen molar-refractivity contribution in [2.24, 2.45) is 0 Å². The number of halogens is 1. The fourth-order valence-electron chi connectivity index (χ4n) is 4.14. The lowest BCUT2D eigenvalue weighted by Crippen LogP contribution is -2.43. The molecule has 5 rings (SSSR count). The number of hydrogen-bond donors (Lipinski definition) is 0. The van der Waals surface area contributed by atoms with Gasteiger partial charge in [-0.2, -0.15) is 0 Å². The molecule has 1 aromatic carbocycles. The molecule has 7 heteroatoms. The molecule has 3 aromatic rings. The van der Waals surface area contributed by atoms with Gasteiger partial charge in [0.15, 0.2) is 11.5 Å².